The Kier molecular flexibility index (Phi) is 2.44. The van der Waals surface area contributed by atoms with E-state index in [1.807, 2.05) is 0 Å². The highest BCUT2D eigenvalue weighted by Crippen LogP contribution is 2.29. The lowest BCUT2D eigenvalue weighted by Gasteiger charge is -2.41. The molecule has 0 radical (unpaired) electrons. The number of piperidine rings is 2. The SMILES string of the molecule is O=C(O)[C@@H]1CC[C@@H]2CCCC(=O)N2C1. The summed E-state index contributed by atoms with van der Waals surface area (Å²) in [4.78, 5) is 24.1. The topological polar surface area (TPSA) is 57.6 Å². The van der Waals surface area contributed by atoms with Crippen molar-refractivity contribution in [1.82, 2.24) is 4.90 Å². The molecule has 0 aromatic carbocycles. The molecule has 2 aliphatic rings. The molecule has 4 nitrogen and oxygen atoms in total. The molecule has 2 heterocycles. The Morgan fingerprint density at radius 2 is 2.14 bits per heavy atom. The van der Waals surface area contributed by atoms with Crippen molar-refractivity contribution >= 4 is 11.9 Å². The van der Waals surface area contributed by atoms with E-state index < -0.39 is 5.97 Å². The highest BCUT2D eigenvalue weighted by Gasteiger charge is 2.36. The Hall–Kier alpha value is -1.06. The molecule has 0 spiro atoms. The minimum atomic E-state index is -0.762. The van der Waals surface area contributed by atoms with E-state index in [-0.39, 0.29) is 11.8 Å². The average Bonchev–Trinajstić information content (AvgIpc) is 2.18. The maximum atomic E-state index is 11.5. The van der Waals surface area contributed by atoms with Gasteiger partial charge in [-0.15, -0.1) is 0 Å². The summed E-state index contributed by atoms with van der Waals surface area (Å²) in [5.74, 6) is -0.956. The first-order chi connectivity index (χ1) is 6.68. The molecule has 2 aliphatic heterocycles. The number of amides is 1. The molecule has 0 aromatic rings. The van der Waals surface area contributed by atoms with Crippen LogP contribution >= 0.6 is 0 Å². The lowest BCUT2D eigenvalue weighted by molar-refractivity contribution is -0.149. The number of rotatable bonds is 1. The third-order valence-electron chi connectivity index (χ3n) is 3.30. The third kappa shape index (κ3) is 1.61. The van der Waals surface area contributed by atoms with Gasteiger partial charge in [0.1, 0.15) is 0 Å². The predicted molar refractivity (Wildman–Crippen MR) is 49.7 cm³/mol. The number of hydrogen-bond donors (Lipinski definition) is 1. The summed E-state index contributed by atoms with van der Waals surface area (Å²) in [6.07, 6.45) is 4.21. The summed E-state index contributed by atoms with van der Waals surface area (Å²) < 4.78 is 0. The second-order valence-electron chi connectivity index (χ2n) is 4.20. The smallest absolute Gasteiger partial charge is 0.308 e. The molecule has 0 unspecified atom stereocenters. The van der Waals surface area contributed by atoms with Gasteiger partial charge in [0.15, 0.2) is 0 Å². The Labute approximate surface area is 82.9 Å². The van der Waals surface area contributed by atoms with E-state index in [0.717, 1.165) is 25.7 Å². The number of hydrogen-bond acceptors (Lipinski definition) is 2. The summed E-state index contributed by atoms with van der Waals surface area (Å²) in [5.41, 5.74) is 0. The van der Waals surface area contributed by atoms with Crippen LogP contribution in [-0.2, 0) is 9.59 Å². The number of carboxylic acid groups (broad SMARTS) is 1. The van der Waals surface area contributed by atoms with E-state index in [1.54, 1.807) is 4.90 Å². The van der Waals surface area contributed by atoms with E-state index in [0.29, 0.717) is 19.0 Å². The van der Waals surface area contributed by atoms with E-state index in [2.05, 4.69) is 0 Å². The monoisotopic (exact) mass is 197 g/mol. The van der Waals surface area contributed by atoms with Gasteiger partial charge in [-0.05, 0) is 25.7 Å². The fourth-order valence-electron chi connectivity index (χ4n) is 2.47. The van der Waals surface area contributed by atoms with Crippen LogP contribution in [0.4, 0.5) is 0 Å². The summed E-state index contributed by atoms with van der Waals surface area (Å²) in [6.45, 7) is 0.429. The van der Waals surface area contributed by atoms with Crippen molar-refractivity contribution in [3.63, 3.8) is 0 Å². The maximum Gasteiger partial charge on any atom is 0.308 e. The normalized spacial score (nSPS) is 32.6. The second kappa shape index (κ2) is 3.59. The molecular formula is C10H15NO3. The minimum absolute atomic E-state index is 0.146. The van der Waals surface area contributed by atoms with Gasteiger partial charge in [-0.3, -0.25) is 9.59 Å². The molecule has 2 atom stereocenters. The minimum Gasteiger partial charge on any atom is -0.481 e. The van der Waals surface area contributed by atoms with Gasteiger partial charge in [-0.1, -0.05) is 0 Å². The third-order valence-corrected chi connectivity index (χ3v) is 3.30. The van der Waals surface area contributed by atoms with Crippen LogP contribution in [0.25, 0.3) is 0 Å². The predicted octanol–water partition coefficient (Wildman–Crippen LogP) is 0.862. The van der Waals surface area contributed by atoms with Crippen LogP contribution in [0.1, 0.15) is 32.1 Å². The summed E-state index contributed by atoms with van der Waals surface area (Å²) in [6, 6.07) is 0.326. The van der Waals surface area contributed by atoms with Crippen LogP contribution < -0.4 is 0 Å². The van der Waals surface area contributed by atoms with E-state index >= 15 is 0 Å². The van der Waals surface area contributed by atoms with Gasteiger partial charge in [-0.2, -0.15) is 0 Å². The Morgan fingerprint density at radius 3 is 2.86 bits per heavy atom. The number of carboxylic acids is 1. The van der Waals surface area contributed by atoms with Gasteiger partial charge < -0.3 is 10.0 Å². The number of aliphatic carboxylic acids is 1. The molecular weight excluding hydrogens is 182 g/mol. The van der Waals surface area contributed by atoms with Gasteiger partial charge in [0.05, 0.1) is 5.92 Å². The van der Waals surface area contributed by atoms with Crippen molar-refractivity contribution in [3.8, 4) is 0 Å². The van der Waals surface area contributed by atoms with Crippen LogP contribution in [-0.4, -0.2) is 34.5 Å². The maximum absolute atomic E-state index is 11.5. The van der Waals surface area contributed by atoms with Crippen LogP contribution in [0.2, 0.25) is 0 Å². The summed E-state index contributed by atoms with van der Waals surface area (Å²) in [7, 11) is 0. The molecule has 2 rings (SSSR count). The Balaban J connectivity index is 2.05. The molecule has 2 saturated heterocycles. The lowest BCUT2D eigenvalue weighted by atomic mass is 9.87. The zero-order valence-electron chi connectivity index (χ0n) is 8.11. The number of nitrogens with zero attached hydrogens (tertiary/aromatic N) is 1. The van der Waals surface area contributed by atoms with Crippen LogP contribution in [0.3, 0.4) is 0 Å². The van der Waals surface area contributed by atoms with Gasteiger partial charge in [0, 0.05) is 19.0 Å². The first kappa shape index (κ1) is 9.49. The van der Waals surface area contributed by atoms with E-state index in [4.69, 9.17) is 5.11 Å². The molecule has 14 heavy (non-hydrogen) atoms. The Bertz CT molecular complexity index is 264. The van der Waals surface area contributed by atoms with Crippen molar-refractivity contribution in [2.24, 2.45) is 5.92 Å². The second-order valence-corrected chi connectivity index (χ2v) is 4.20. The molecule has 0 bridgehead atoms. The standard InChI is InChI=1S/C10H15NO3/c12-9-3-1-2-8-5-4-7(10(13)14)6-11(8)9/h7-8H,1-6H2,(H,13,14)/t7-,8+/m1/s1. The molecule has 1 N–H and O–H groups in total. The van der Waals surface area contributed by atoms with Crippen molar-refractivity contribution < 1.29 is 14.7 Å². The number of carbonyl (C=O) groups excluding carboxylic acids is 1. The van der Waals surface area contributed by atoms with Crippen molar-refractivity contribution in [1.29, 1.82) is 0 Å². The van der Waals surface area contributed by atoms with Crippen molar-refractivity contribution in [2.45, 2.75) is 38.1 Å². The molecule has 78 valence electrons. The van der Waals surface area contributed by atoms with Gasteiger partial charge >= 0.3 is 5.97 Å². The van der Waals surface area contributed by atoms with Gasteiger partial charge in [0.25, 0.3) is 0 Å². The highest BCUT2D eigenvalue weighted by atomic mass is 16.4. The first-order valence-corrected chi connectivity index (χ1v) is 5.21. The van der Waals surface area contributed by atoms with Gasteiger partial charge in [-0.25, -0.2) is 0 Å². The van der Waals surface area contributed by atoms with Gasteiger partial charge in [0.2, 0.25) is 5.91 Å². The van der Waals surface area contributed by atoms with Crippen LogP contribution in [0.5, 0.6) is 0 Å². The van der Waals surface area contributed by atoms with Crippen molar-refractivity contribution in [2.75, 3.05) is 6.54 Å². The zero-order valence-corrected chi connectivity index (χ0v) is 8.11. The Morgan fingerprint density at radius 1 is 1.36 bits per heavy atom. The number of carbonyl (C=O) groups is 2. The molecule has 1 amide bonds. The van der Waals surface area contributed by atoms with E-state index in [9.17, 15) is 9.59 Å². The number of fused-ring (bicyclic) bond motifs is 1. The van der Waals surface area contributed by atoms with Crippen LogP contribution in [0, 0.1) is 5.92 Å². The molecule has 0 aromatic heterocycles. The van der Waals surface area contributed by atoms with Crippen molar-refractivity contribution in [3.05, 3.63) is 0 Å². The fraction of sp³-hybridized carbons (Fsp3) is 0.800. The summed E-state index contributed by atoms with van der Waals surface area (Å²) >= 11 is 0. The van der Waals surface area contributed by atoms with E-state index in [1.165, 1.54) is 0 Å². The highest BCUT2D eigenvalue weighted by molar-refractivity contribution is 5.79. The lowest BCUT2D eigenvalue weighted by Crippen LogP contribution is -2.50. The average molecular weight is 197 g/mol. The quantitative estimate of drug-likeness (QED) is 0.678. The molecule has 4 heteroatoms. The largest absolute Gasteiger partial charge is 0.481 e. The molecule has 2 fully saturated rings. The molecule has 0 aliphatic carbocycles. The van der Waals surface area contributed by atoms with Crippen LogP contribution in [0.15, 0.2) is 0 Å². The zero-order chi connectivity index (χ0) is 10.1. The fourth-order valence-corrected chi connectivity index (χ4v) is 2.47. The summed E-state index contributed by atoms with van der Waals surface area (Å²) in [5, 5.41) is 8.88. The first-order valence-electron chi connectivity index (χ1n) is 5.21. The molecule has 0 saturated carbocycles.